The van der Waals surface area contributed by atoms with Crippen LogP contribution in [0.25, 0.3) is 0 Å². The van der Waals surface area contributed by atoms with Crippen molar-refractivity contribution in [2.24, 2.45) is 0 Å². The van der Waals surface area contributed by atoms with E-state index in [0.29, 0.717) is 32.4 Å². The summed E-state index contributed by atoms with van der Waals surface area (Å²) < 4.78 is 5.78. The highest BCUT2D eigenvalue weighted by atomic mass is 16.5. The van der Waals surface area contributed by atoms with Crippen LogP contribution in [0.4, 0.5) is 0 Å². The summed E-state index contributed by atoms with van der Waals surface area (Å²) in [5.41, 5.74) is 3.16. The molecule has 5 nitrogen and oxygen atoms in total. The lowest BCUT2D eigenvalue weighted by Crippen LogP contribution is -2.51. The first-order valence-electron chi connectivity index (χ1n) is 12.3. The molecule has 35 heavy (non-hydrogen) atoms. The summed E-state index contributed by atoms with van der Waals surface area (Å²) in [5.74, 6) is 0.603. The van der Waals surface area contributed by atoms with Gasteiger partial charge >= 0.3 is 0 Å². The minimum atomic E-state index is -0.609. The smallest absolute Gasteiger partial charge is 0.243 e. The number of amides is 2. The van der Waals surface area contributed by atoms with E-state index in [1.807, 2.05) is 106 Å². The number of rotatable bonds is 12. The van der Waals surface area contributed by atoms with Gasteiger partial charge in [0.1, 0.15) is 11.8 Å². The largest absolute Gasteiger partial charge is 0.494 e. The van der Waals surface area contributed by atoms with Gasteiger partial charge < -0.3 is 15.0 Å². The first kappa shape index (κ1) is 26.0. The van der Waals surface area contributed by atoms with Crippen LogP contribution in [-0.4, -0.2) is 35.4 Å². The number of benzene rings is 3. The van der Waals surface area contributed by atoms with Gasteiger partial charge in [-0.05, 0) is 56.0 Å². The zero-order chi connectivity index (χ0) is 25.0. The molecule has 5 heteroatoms. The lowest BCUT2D eigenvalue weighted by Gasteiger charge is -2.32. The molecular weight excluding hydrogens is 436 g/mol. The van der Waals surface area contributed by atoms with Crippen molar-refractivity contribution in [2.45, 2.75) is 58.7 Å². The second-order valence-electron chi connectivity index (χ2n) is 9.08. The van der Waals surface area contributed by atoms with Gasteiger partial charge in [-0.1, -0.05) is 72.8 Å². The Hall–Kier alpha value is -3.60. The normalized spacial score (nSPS) is 11.7. The molecule has 2 amide bonds. The third-order valence-corrected chi connectivity index (χ3v) is 5.85. The summed E-state index contributed by atoms with van der Waals surface area (Å²) in [4.78, 5) is 28.7. The Balaban J connectivity index is 1.80. The molecule has 1 unspecified atom stereocenters. The van der Waals surface area contributed by atoms with Gasteiger partial charge in [-0.25, -0.2) is 0 Å². The van der Waals surface area contributed by atoms with E-state index in [-0.39, 0.29) is 17.9 Å². The lowest BCUT2D eigenvalue weighted by molar-refractivity contribution is -0.141. The number of para-hydroxylation sites is 1. The third kappa shape index (κ3) is 8.29. The molecule has 0 aliphatic rings. The van der Waals surface area contributed by atoms with Crippen molar-refractivity contribution in [3.05, 3.63) is 102 Å². The molecule has 0 aliphatic heterocycles. The Kier molecular flexibility index (Phi) is 9.91. The fraction of sp³-hybridized carbons (Fsp3) is 0.333. The summed E-state index contributed by atoms with van der Waals surface area (Å²) in [7, 11) is 0. The number of nitrogens with zero attached hydrogens (tertiary/aromatic N) is 1. The maximum absolute atomic E-state index is 13.6. The van der Waals surface area contributed by atoms with Crippen molar-refractivity contribution < 1.29 is 14.3 Å². The highest BCUT2D eigenvalue weighted by Crippen LogP contribution is 2.19. The Morgan fingerprint density at radius 1 is 0.886 bits per heavy atom. The molecule has 0 bridgehead atoms. The number of aryl methyl sites for hydroxylation is 1. The molecule has 0 aliphatic carbocycles. The van der Waals surface area contributed by atoms with Gasteiger partial charge in [0.2, 0.25) is 11.8 Å². The first-order valence-corrected chi connectivity index (χ1v) is 12.3. The van der Waals surface area contributed by atoms with Crippen LogP contribution in [0.5, 0.6) is 5.75 Å². The average molecular weight is 473 g/mol. The molecule has 3 aromatic carbocycles. The number of ether oxygens (including phenoxy) is 1. The minimum Gasteiger partial charge on any atom is -0.494 e. The number of hydrogen-bond acceptors (Lipinski definition) is 3. The van der Waals surface area contributed by atoms with Crippen LogP contribution < -0.4 is 10.1 Å². The van der Waals surface area contributed by atoms with Gasteiger partial charge in [0, 0.05) is 25.4 Å². The van der Waals surface area contributed by atoms with E-state index >= 15 is 0 Å². The highest BCUT2D eigenvalue weighted by Gasteiger charge is 2.30. The van der Waals surface area contributed by atoms with E-state index < -0.39 is 6.04 Å². The quantitative estimate of drug-likeness (QED) is 0.363. The van der Waals surface area contributed by atoms with Crippen molar-refractivity contribution in [3.63, 3.8) is 0 Å². The van der Waals surface area contributed by atoms with Gasteiger partial charge in [0.25, 0.3) is 0 Å². The van der Waals surface area contributed by atoms with Crippen LogP contribution in [0.1, 0.15) is 43.4 Å². The van der Waals surface area contributed by atoms with Crippen molar-refractivity contribution in [1.82, 2.24) is 10.2 Å². The number of carbonyl (C=O) groups excluding carboxylic acids is 2. The van der Waals surface area contributed by atoms with Crippen molar-refractivity contribution in [1.29, 1.82) is 0 Å². The molecule has 3 rings (SSSR count). The topological polar surface area (TPSA) is 58.6 Å². The van der Waals surface area contributed by atoms with Crippen LogP contribution in [0, 0.1) is 6.92 Å². The second-order valence-corrected chi connectivity index (χ2v) is 9.08. The van der Waals surface area contributed by atoms with Crippen LogP contribution in [0.3, 0.4) is 0 Å². The molecule has 1 N–H and O–H groups in total. The van der Waals surface area contributed by atoms with E-state index in [4.69, 9.17) is 4.74 Å². The zero-order valence-electron chi connectivity index (χ0n) is 20.9. The first-order chi connectivity index (χ1) is 16.9. The van der Waals surface area contributed by atoms with E-state index in [1.165, 1.54) is 0 Å². The molecule has 0 spiro atoms. The molecule has 3 aromatic rings. The Bertz CT molecular complexity index is 1070. The van der Waals surface area contributed by atoms with E-state index in [0.717, 1.165) is 22.4 Å². The monoisotopic (exact) mass is 472 g/mol. The summed E-state index contributed by atoms with van der Waals surface area (Å²) in [6.45, 7) is 6.73. The summed E-state index contributed by atoms with van der Waals surface area (Å²) >= 11 is 0. The fourth-order valence-electron chi connectivity index (χ4n) is 3.98. The predicted molar refractivity (Wildman–Crippen MR) is 140 cm³/mol. The average Bonchev–Trinajstić information content (AvgIpc) is 2.85. The molecule has 184 valence electrons. The molecule has 0 radical (unpaired) electrons. The van der Waals surface area contributed by atoms with E-state index in [2.05, 4.69) is 5.32 Å². The lowest BCUT2D eigenvalue weighted by atomic mass is 10.0. The zero-order valence-corrected chi connectivity index (χ0v) is 20.9. The molecule has 0 heterocycles. The highest BCUT2D eigenvalue weighted by molar-refractivity contribution is 5.88. The molecule has 0 aromatic heterocycles. The van der Waals surface area contributed by atoms with E-state index in [1.54, 1.807) is 4.90 Å². The summed E-state index contributed by atoms with van der Waals surface area (Å²) in [6.07, 6.45) is 1.33. The molecule has 0 saturated heterocycles. The van der Waals surface area contributed by atoms with Crippen molar-refractivity contribution >= 4 is 11.8 Å². The molecule has 0 fully saturated rings. The summed E-state index contributed by atoms with van der Waals surface area (Å²) in [6, 6.07) is 26.8. The third-order valence-electron chi connectivity index (χ3n) is 5.85. The number of nitrogens with one attached hydrogen (secondary N) is 1. The fourth-order valence-corrected chi connectivity index (χ4v) is 3.98. The number of hydrogen-bond donors (Lipinski definition) is 1. The molecule has 1 atom stereocenters. The van der Waals surface area contributed by atoms with Gasteiger partial charge in [-0.15, -0.1) is 0 Å². The van der Waals surface area contributed by atoms with Crippen LogP contribution >= 0.6 is 0 Å². The van der Waals surface area contributed by atoms with Crippen LogP contribution in [0.15, 0.2) is 84.9 Å². The van der Waals surface area contributed by atoms with Gasteiger partial charge in [0.15, 0.2) is 0 Å². The number of carbonyl (C=O) groups is 2. The Morgan fingerprint density at radius 2 is 1.51 bits per heavy atom. The summed E-state index contributed by atoms with van der Waals surface area (Å²) in [5, 5.41) is 3.03. The molecule has 0 saturated carbocycles. The van der Waals surface area contributed by atoms with Crippen LogP contribution in [0.2, 0.25) is 0 Å². The molecular formula is C30H36N2O3. The Labute approximate surface area is 209 Å². The van der Waals surface area contributed by atoms with Gasteiger partial charge in [-0.3, -0.25) is 9.59 Å². The standard InChI is InChI=1S/C30H36N2O3/c1-23(2)31-30(34)28(21-25-14-6-4-7-15-25)32(22-26-16-11-10-13-24(26)3)29(33)19-12-20-35-27-17-8-5-9-18-27/h4-11,13-18,23,28H,12,19-22H2,1-3H3,(H,31,34). The van der Waals surface area contributed by atoms with E-state index in [9.17, 15) is 9.59 Å². The second kappa shape index (κ2) is 13.3. The predicted octanol–water partition coefficient (Wildman–Crippen LogP) is 5.32. The van der Waals surface area contributed by atoms with Crippen LogP contribution in [-0.2, 0) is 22.6 Å². The maximum atomic E-state index is 13.6. The minimum absolute atomic E-state index is 0.0181. The van der Waals surface area contributed by atoms with Crippen molar-refractivity contribution in [2.75, 3.05) is 6.61 Å². The Morgan fingerprint density at radius 3 is 2.17 bits per heavy atom. The van der Waals surface area contributed by atoms with Gasteiger partial charge in [0.05, 0.1) is 6.61 Å². The maximum Gasteiger partial charge on any atom is 0.243 e. The SMILES string of the molecule is Cc1ccccc1CN(C(=O)CCCOc1ccccc1)C(Cc1ccccc1)C(=O)NC(C)C. The van der Waals surface area contributed by atoms with Crippen molar-refractivity contribution in [3.8, 4) is 5.75 Å². The van der Waals surface area contributed by atoms with Gasteiger partial charge in [-0.2, -0.15) is 0 Å².